The second-order valence-corrected chi connectivity index (χ2v) is 5.47. The lowest BCUT2D eigenvalue weighted by Crippen LogP contribution is -2.17. The molecular formula is C20H22ClNO3. The van der Waals surface area contributed by atoms with Gasteiger partial charge in [0.1, 0.15) is 0 Å². The topological polar surface area (TPSA) is 38.8 Å². The molecule has 0 heterocycles. The molecule has 0 aromatic heterocycles. The van der Waals surface area contributed by atoms with Crippen molar-refractivity contribution in [2.24, 2.45) is 0 Å². The maximum atomic E-state index is 12.6. The number of carbonyl (C=O) groups is 1. The minimum atomic E-state index is -0.0560. The first-order valence-electron chi connectivity index (χ1n) is 7.56. The molecular weight excluding hydrogens is 338 g/mol. The van der Waals surface area contributed by atoms with Gasteiger partial charge in [-0.1, -0.05) is 30.2 Å². The summed E-state index contributed by atoms with van der Waals surface area (Å²) in [6, 6.07) is 12.7. The normalized spacial score (nSPS) is 9.88. The van der Waals surface area contributed by atoms with E-state index in [4.69, 9.17) is 15.9 Å². The second-order valence-electron chi connectivity index (χ2n) is 5.47. The fourth-order valence-corrected chi connectivity index (χ4v) is 2.43. The Labute approximate surface area is 155 Å². The predicted octanol–water partition coefficient (Wildman–Crippen LogP) is 3.42. The summed E-state index contributed by atoms with van der Waals surface area (Å²) < 4.78 is 10.4. The molecule has 0 aliphatic rings. The first-order chi connectivity index (χ1) is 11.6. The van der Waals surface area contributed by atoms with Crippen molar-refractivity contribution < 1.29 is 14.3 Å². The lowest BCUT2D eigenvalue weighted by molar-refractivity contribution is 0.103. The van der Waals surface area contributed by atoms with Crippen LogP contribution >= 0.6 is 12.4 Å². The highest BCUT2D eigenvalue weighted by molar-refractivity contribution is 6.09. The summed E-state index contributed by atoms with van der Waals surface area (Å²) in [6.07, 6.45) is 5.30. The van der Waals surface area contributed by atoms with Gasteiger partial charge in [0.05, 0.1) is 20.8 Å². The zero-order valence-electron chi connectivity index (χ0n) is 14.6. The van der Waals surface area contributed by atoms with Crippen molar-refractivity contribution >= 4 is 18.2 Å². The molecule has 0 atom stereocenters. The van der Waals surface area contributed by atoms with Crippen molar-refractivity contribution in [2.75, 3.05) is 27.8 Å². The van der Waals surface area contributed by atoms with Gasteiger partial charge in [0.15, 0.2) is 17.3 Å². The minimum Gasteiger partial charge on any atom is -0.493 e. The maximum Gasteiger partial charge on any atom is 0.193 e. The Morgan fingerprint density at radius 3 is 2.20 bits per heavy atom. The van der Waals surface area contributed by atoms with Crippen molar-refractivity contribution in [1.29, 1.82) is 0 Å². The summed E-state index contributed by atoms with van der Waals surface area (Å²) >= 11 is 0. The third-order valence-corrected chi connectivity index (χ3v) is 3.68. The van der Waals surface area contributed by atoms with Crippen molar-refractivity contribution in [2.45, 2.75) is 6.54 Å². The Balaban J connectivity index is 0.00000312. The number of carbonyl (C=O) groups excluding carboxylic acids is 1. The highest BCUT2D eigenvalue weighted by Crippen LogP contribution is 2.28. The van der Waals surface area contributed by atoms with Gasteiger partial charge in [-0.15, -0.1) is 18.8 Å². The molecule has 0 N–H and O–H groups in total. The first-order valence-corrected chi connectivity index (χ1v) is 7.56. The monoisotopic (exact) mass is 359 g/mol. The molecule has 2 rings (SSSR count). The summed E-state index contributed by atoms with van der Waals surface area (Å²) in [5.74, 6) is 3.69. The van der Waals surface area contributed by atoms with Gasteiger partial charge in [-0.2, -0.15) is 0 Å². The molecule has 0 unspecified atom stereocenters. The van der Waals surface area contributed by atoms with E-state index in [1.807, 2.05) is 36.2 Å². The molecule has 0 radical (unpaired) electrons. The summed E-state index contributed by atoms with van der Waals surface area (Å²) in [7, 11) is 5.07. The van der Waals surface area contributed by atoms with Gasteiger partial charge < -0.3 is 9.47 Å². The van der Waals surface area contributed by atoms with Crippen LogP contribution in [-0.4, -0.2) is 38.5 Å². The molecule has 0 saturated heterocycles. The lowest BCUT2D eigenvalue weighted by atomic mass is 10.0. The van der Waals surface area contributed by atoms with E-state index < -0.39 is 0 Å². The fraction of sp³-hybridized carbons (Fsp3) is 0.250. The Morgan fingerprint density at radius 2 is 1.64 bits per heavy atom. The van der Waals surface area contributed by atoms with E-state index >= 15 is 0 Å². The van der Waals surface area contributed by atoms with Gasteiger partial charge in [-0.05, 0) is 30.8 Å². The van der Waals surface area contributed by atoms with Gasteiger partial charge in [0.2, 0.25) is 0 Å². The van der Waals surface area contributed by atoms with Crippen LogP contribution in [0.1, 0.15) is 21.5 Å². The van der Waals surface area contributed by atoms with Crippen molar-refractivity contribution in [3.05, 3.63) is 59.2 Å². The number of methoxy groups -OCH3 is 2. The maximum absolute atomic E-state index is 12.6. The summed E-state index contributed by atoms with van der Waals surface area (Å²) in [4.78, 5) is 14.6. The molecule has 4 nitrogen and oxygen atoms in total. The number of benzene rings is 2. The summed E-state index contributed by atoms with van der Waals surface area (Å²) in [6.45, 7) is 1.33. The molecule has 2 aromatic rings. The van der Waals surface area contributed by atoms with Crippen LogP contribution in [0.25, 0.3) is 0 Å². The van der Waals surface area contributed by atoms with Crippen molar-refractivity contribution in [3.63, 3.8) is 0 Å². The van der Waals surface area contributed by atoms with E-state index in [2.05, 4.69) is 5.92 Å². The Bertz CT molecular complexity index is 751. The number of ketones is 1. The van der Waals surface area contributed by atoms with E-state index in [-0.39, 0.29) is 18.2 Å². The van der Waals surface area contributed by atoms with Crippen LogP contribution in [0.15, 0.2) is 42.5 Å². The number of nitrogens with zero attached hydrogens (tertiary/aromatic N) is 1. The average molecular weight is 360 g/mol. The zero-order chi connectivity index (χ0) is 17.5. The van der Waals surface area contributed by atoms with Crippen LogP contribution in [-0.2, 0) is 6.54 Å². The fourth-order valence-electron chi connectivity index (χ4n) is 2.43. The molecule has 0 fully saturated rings. The Kier molecular flexibility index (Phi) is 8.00. The molecule has 0 spiro atoms. The Morgan fingerprint density at radius 1 is 1.04 bits per heavy atom. The third kappa shape index (κ3) is 5.25. The molecule has 0 bridgehead atoms. The number of hydrogen-bond acceptors (Lipinski definition) is 4. The lowest BCUT2D eigenvalue weighted by Gasteiger charge is -2.13. The first kappa shape index (κ1) is 20.6. The van der Waals surface area contributed by atoms with Gasteiger partial charge >= 0.3 is 0 Å². The van der Waals surface area contributed by atoms with Crippen LogP contribution in [0.2, 0.25) is 0 Å². The molecule has 2 aromatic carbocycles. The van der Waals surface area contributed by atoms with Crippen LogP contribution in [0, 0.1) is 12.3 Å². The molecule has 0 amide bonds. The van der Waals surface area contributed by atoms with Crippen LogP contribution < -0.4 is 9.47 Å². The number of ether oxygens (including phenoxy) is 2. The molecule has 25 heavy (non-hydrogen) atoms. The molecule has 0 aliphatic carbocycles. The number of terminal acetylenes is 1. The van der Waals surface area contributed by atoms with E-state index in [9.17, 15) is 4.79 Å². The number of halogens is 1. The van der Waals surface area contributed by atoms with Gasteiger partial charge in [0, 0.05) is 17.7 Å². The standard InChI is InChI=1S/C20H21NO3.ClH/c1-5-12-21(2)14-15-6-8-16(9-7-15)20(22)17-10-11-18(23-3)19(13-17)24-4;/h1,6-11,13H,12,14H2,2-4H3;1H. The van der Waals surface area contributed by atoms with E-state index in [0.29, 0.717) is 29.2 Å². The predicted molar refractivity (Wildman–Crippen MR) is 102 cm³/mol. The van der Waals surface area contributed by atoms with Gasteiger partial charge in [0.25, 0.3) is 0 Å². The third-order valence-electron chi connectivity index (χ3n) is 3.68. The molecule has 132 valence electrons. The highest BCUT2D eigenvalue weighted by atomic mass is 35.5. The van der Waals surface area contributed by atoms with E-state index in [1.165, 1.54) is 0 Å². The van der Waals surface area contributed by atoms with Crippen LogP contribution in [0.4, 0.5) is 0 Å². The van der Waals surface area contributed by atoms with Crippen molar-refractivity contribution in [3.8, 4) is 23.8 Å². The number of hydrogen-bond donors (Lipinski definition) is 0. The van der Waals surface area contributed by atoms with Crippen molar-refractivity contribution in [1.82, 2.24) is 4.90 Å². The van der Waals surface area contributed by atoms with Gasteiger partial charge in [-0.25, -0.2) is 0 Å². The summed E-state index contributed by atoms with van der Waals surface area (Å²) in [5, 5.41) is 0. The largest absolute Gasteiger partial charge is 0.493 e. The molecule has 0 saturated carbocycles. The zero-order valence-corrected chi connectivity index (χ0v) is 15.4. The quantitative estimate of drug-likeness (QED) is 0.561. The number of rotatable bonds is 7. The second kappa shape index (κ2) is 9.73. The SMILES string of the molecule is C#CCN(C)Cc1ccc(C(=O)c2ccc(OC)c(OC)c2)cc1.Cl. The summed E-state index contributed by atoms with van der Waals surface area (Å²) in [5.41, 5.74) is 2.30. The minimum absolute atomic E-state index is 0. The van der Waals surface area contributed by atoms with Crippen LogP contribution in [0.3, 0.4) is 0 Å². The Hall–Kier alpha value is -2.48. The molecule has 5 heteroatoms. The molecule has 0 aliphatic heterocycles. The highest BCUT2D eigenvalue weighted by Gasteiger charge is 2.13. The average Bonchev–Trinajstić information content (AvgIpc) is 2.61. The van der Waals surface area contributed by atoms with Gasteiger partial charge in [-0.3, -0.25) is 9.69 Å². The van der Waals surface area contributed by atoms with E-state index in [1.54, 1.807) is 32.4 Å². The van der Waals surface area contributed by atoms with E-state index in [0.717, 1.165) is 12.1 Å². The van der Waals surface area contributed by atoms with Crippen LogP contribution in [0.5, 0.6) is 11.5 Å². The smallest absolute Gasteiger partial charge is 0.193 e.